The van der Waals surface area contributed by atoms with Gasteiger partial charge in [0.25, 0.3) is 5.56 Å². The van der Waals surface area contributed by atoms with Crippen molar-refractivity contribution in [2.24, 2.45) is 0 Å². The van der Waals surface area contributed by atoms with Crippen LogP contribution in [0.1, 0.15) is 11.1 Å². The minimum atomic E-state index is -0.192. The molecule has 4 nitrogen and oxygen atoms in total. The minimum Gasteiger partial charge on any atom is -0.325 e. The molecule has 0 amide bonds. The number of H-pyrrole nitrogens is 1. The summed E-state index contributed by atoms with van der Waals surface area (Å²) in [5.74, 6) is 0.415. The summed E-state index contributed by atoms with van der Waals surface area (Å²) in [7, 11) is 0. The molecule has 0 aliphatic carbocycles. The zero-order valence-corrected chi connectivity index (χ0v) is 14.4. The Hall–Kier alpha value is -2.40. The van der Waals surface area contributed by atoms with Gasteiger partial charge in [-0.3, -0.25) is 9.78 Å². The molecule has 1 heterocycles. The van der Waals surface area contributed by atoms with Crippen molar-refractivity contribution < 1.29 is 0 Å². The van der Waals surface area contributed by atoms with E-state index in [-0.39, 0.29) is 5.56 Å². The van der Waals surface area contributed by atoms with Crippen molar-refractivity contribution in [1.82, 2.24) is 9.97 Å². The van der Waals surface area contributed by atoms with Crippen LogP contribution in [-0.2, 0) is 0 Å². The highest BCUT2D eigenvalue weighted by Crippen LogP contribution is 2.26. The van der Waals surface area contributed by atoms with E-state index in [2.05, 4.69) is 31.2 Å². The monoisotopic (exact) mass is 369 g/mol. The smallest absolute Gasteiger partial charge is 0.252 e. The van der Waals surface area contributed by atoms with Crippen LogP contribution in [-0.4, -0.2) is 9.97 Å². The van der Waals surface area contributed by atoms with Crippen molar-refractivity contribution in [3.05, 3.63) is 74.5 Å². The highest BCUT2D eigenvalue weighted by atomic mass is 79.9. The highest BCUT2D eigenvalue weighted by Gasteiger charge is 2.06. The fraction of sp³-hybridized carbons (Fsp3) is 0.111. The molecule has 0 saturated heterocycles. The molecule has 0 aliphatic heterocycles. The number of aromatic nitrogens is 2. The maximum atomic E-state index is 12.0. The molecule has 1 aromatic heterocycles. The number of nitrogens with one attached hydrogen (secondary N) is 2. The number of hydrogen-bond donors (Lipinski definition) is 2. The first kappa shape index (κ1) is 15.5. The first-order valence-electron chi connectivity index (χ1n) is 7.23. The molecule has 2 N–H and O–H groups in total. The van der Waals surface area contributed by atoms with Crippen molar-refractivity contribution in [3.8, 4) is 11.3 Å². The Balaban J connectivity index is 1.99. The molecule has 0 saturated carbocycles. The predicted molar refractivity (Wildman–Crippen MR) is 97.2 cm³/mol. The van der Waals surface area contributed by atoms with Gasteiger partial charge in [0.05, 0.1) is 11.4 Å². The summed E-state index contributed by atoms with van der Waals surface area (Å²) in [4.78, 5) is 19.2. The van der Waals surface area contributed by atoms with Gasteiger partial charge in [-0.15, -0.1) is 0 Å². The molecule has 0 bridgehead atoms. The van der Waals surface area contributed by atoms with Gasteiger partial charge in [-0.05, 0) is 53.5 Å². The number of rotatable bonds is 3. The topological polar surface area (TPSA) is 57.8 Å². The van der Waals surface area contributed by atoms with Gasteiger partial charge in [-0.2, -0.15) is 0 Å². The third-order valence-electron chi connectivity index (χ3n) is 3.43. The number of nitrogens with zero attached hydrogens (tertiary/aromatic N) is 1. The number of aryl methyl sites for hydroxylation is 2. The van der Waals surface area contributed by atoms with E-state index in [1.165, 1.54) is 6.07 Å². The zero-order chi connectivity index (χ0) is 16.4. The zero-order valence-electron chi connectivity index (χ0n) is 12.9. The summed E-state index contributed by atoms with van der Waals surface area (Å²) in [6.45, 7) is 4.03. The van der Waals surface area contributed by atoms with Crippen LogP contribution in [0, 0.1) is 13.8 Å². The Labute approximate surface area is 142 Å². The van der Waals surface area contributed by atoms with Crippen LogP contribution in [0.25, 0.3) is 11.3 Å². The van der Waals surface area contributed by atoms with Crippen LogP contribution >= 0.6 is 15.9 Å². The first-order chi connectivity index (χ1) is 11.0. The lowest BCUT2D eigenvalue weighted by Gasteiger charge is -2.10. The molecule has 0 atom stereocenters. The summed E-state index contributed by atoms with van der Waals surface area (Å²) >= 11 is 3.51. The summed E-state index contributed by atoms with van der Waals surface area (Å²) in [6.07, 6.45) is 0. The van der Waals surface area contributed by atoms with Gasteiger partial charge >= 0.3 is 0 Å². The molecule has 23 heavy (non-hydrogen) atoms. The maximum absolute atomic E-state index is 12.0. The summed E-state index contributed by atoms with van der Waals surface area (Å²) in [6, 6.07) is 15.4. The normalized spacial score (nSPS) is 10.6. The molecule has 3 rings (SSSR count). The number of halogens is 1. The molecule has 0 aliphatic rings. The number of aromatic amines is 1. The largest absolute Gasteiger partial charge is 0.325 e. The molecule has 5 heteroatoms. The lowest BCUT2D eigenvalue weighted by molar-refractivity contribution is 1.12. The summed E-state index contributed by atoms with van der Waals surface area (Å²) < 4.78 is 0.918. The van der Waals surface area contributed by atoms with Crippen LogP contribution in [0.5, 0.6) is 0 Å². The summed E-state index contributed by atoms with van der Waals surface area (Å²) in [5.41, 5.74) is 4.49. The Bertz CT molecular complexity index is 918. The van der Waals surface area contributed by atoms with Gasteiger partial charge in [0, 0.05) is 16.1 Å². The van der Waals surface area contributed by atoms with E-state index in [0.29, 0.717) is 11.6 Å². The van der Waals surface area contributed by atoms with E-state index in [1.54, 1.807) is 0 Å². The van der Waals surface area contributed by atoms with Gasteiger partial charge < -0.3 is 5.32 Å². The van der Waals surface area contributed by atoms with Gasteiger partial charge in [-0.25, -0.2) is 4.98 Å². The fourth-order valence-corrected chi connectivity index (χ4v) is 2.91. The average molecular weight is 370 g/mol. The maximum Gasteiger partial charge on any atom is 0.252 e. The molecular formula is C18H16BrN3O. The third-order valence-corrected chi connectivity index (χ3v) is 4.09. The molecule has 0 unspecified atom stereocenters. The number of anilines is 2. The Morgan fingerprint density at radius 1 is 1.04 bits per heavy atom. The Morgan fingerprint density at radius 2 is 1.83 bits per heavy atom. The molecule has 0 spiro atoms. The second-order valence-electron chi connectivity index (χ2n) is 5.46. The van der Waals surface area contributed by atoms with Crippen molar-refractivity contribution in [2.75, 3.05) is 5.32 Å². The third kappa shape index (κ3) is 3.68. The molecule has 116 valence electrons. The lowest BCUT2D eigenvalue weighted by atomic mass is 10.1. The van der Waals surface area contributed by atoms with Crippen LogP contribution in [0.4, 0.5) is 11.6 Å². The second kappa shape index (κ2) is 6.38. The predicted octanol–water partition coefficient (Wildman–Crippen LogP) is 4.56. The molecule has 3 aromatic rings. The first-order valence-corrected chi connectivity index (χ1v) is 8.02. The van der Waals surface area contributed by atoms with Gasteiger partial charge in [0.15, 0.2) is 0 Å². The molecule has 0 fully saturated rings. The SMILES string of the molecule is Cc1cccc(-c2cc(=O)[nH]c(Nc3ccc(C)cc3Br)n2)c1. The van der Waals surface area contributed by atoms with E-state index >= 15 is 0 Å². The molecule has 0 radical (unpaired) electrons. The highest BCUT2D eigenvalue weighted by molar-refractivity contribution is 9.10. The Morgan fingerprint density at radius 3 is 2.57 bits per heavy atom. The second-order valence-corrected chi connectivity index (χ2v) is 6.31. The van der Waals surface area contributed by atoms with Crippen molar-refractivity contribution in [3.63, 3.8) is 0 Å². The van der Waals surface area contributed by atoms with E-state index in [9.17, 15) is 4.79 Å². The van der Waals surface area contributed by atoms with Gasteiger partial charge in [0.2, 0.25) is 5.95 Å². The van der Waals surface area contributed by atoms with E-state index in [0.717, 1.165) is 26.9 Å². The quantitative estimate of drug-likeness (QED) is 0.711. The Kier molecular flexibility index (Phi) is 4.30. The van der Waals surface area contributed by atoms with E-state index in [4.69, 9.17) is 0 Å². The van der Waals surface area contributed by atoms with Crippen molar-refractivity contribution in [2.45, 2.75) is 13.8 Å². The van der Waals surface area contributed by atoms with Gasteiger partial charge in [-0.1, -0.05) is 29.8 Å². The summed E-state index contributed by atoms with van der Waals surface area (Å²) in [5, 5.41) is 3.15. The van der Waals surface area contributed by atoms with Crippen LogP contribution in [0.3, 0.4) is 0 Å². The van der Waals surface area contributed by atoms with Crippen LogP contribution < -0.4 is 10.9 Å². The van der Waals surface area contributed by atoms with Gasteiger partial charge in [0.1, 0.15) is 0 Å². The van der Waals surface area contributed by atoms with E-state index in [1.807, 2.05) is 56.3 Å². The molecular weight excluding hydrogens is 354 g/mol. The van der Waals surface area contributed by atoms with Crippen LogP contribution in [0.15, 0.2) is 57.8 Å². The molecule has 2 aromatic carbocycles. The lowest BCUT2D eigenvalue weighted by Crippen LogP contribution is -2.10. The average Bonchev–Trinajstić information content (AvgIpc) is 2.50. The van der Waals surface area contributed by atoms with Crippen molar-refractivity contribution in [1.29, 1.82) is 0 Å². The number of hydrogen-bond acceptors (Lipinski definition) is 3. The van der Waals surface area contributed by atoms with E-state index < -0.39 is 0 Å². The number of benzene rings is 2. The van der Waals surface area contributed by atoms with Crippen molar-refractivity contribution >= 4 is 27.6 Å². The fourth-order valence-electron chi connectivity index (χ4n) is 2.32. The van der Waals surface area contributed by atoms with Crippen LogP contribution in [0.2, 0.25) is 0 Å². The standard InChI is InChI=1S/C18H16BrN3O/c1-11-4-3-5-13(8-11)16-10-17(23)22-18(21-16)20-15-7-6-12(2)9-14(15)19/h3-10H,1-2H3,(H2,20,21,22,23). The minimum absolute atomic E-state index is 0.192.